The van der Waals surface area contributed by atoms with Gasteiger partial charge in [-0.2, -0.15) is 10.5 Å². The van der Waals surface area contributed by atoms with Gasteiger partial charge in [0.2, 0.25) is 5.69 Å². The summed E-state index contributed by atoms with van der Waals surface area (Å²) in [6, 6.07) is 15.1. The van der Waals surface area contributed by atoms with E-state index in [0.717, 1.165) is 33.4 Å². The molecule has 222 valence electrons. The van der Waals surface area contributed by atoms with E-state index in [9.17, 15) is 10.5 Å². The molecule has 0 saturated heterocycles. The van der Waals surface area contributed by atoms with Crippen LogP contribution in [0.15, 0.2) is 111 Å². The quantitative estimate of drug-likeness (QED) is 0.186. The van der Waals surface area contributed by atoms with E-state index in [1.54, 1.807) is 74.0 Å². The Kier molecular flexibility index (Phi) is 7.75. The number of aromatic nitrogens is 9. The first-order chi connectivity index (χ1) is 23.6. The molecule has 0 aromatic carbocycles. The summed E-state index contributed by atoms with van der Waals surface area (Å²) in [6.07, 6.45) is 19.5. The van der Waals surface area contributed by atoms with E-state index in [0.29, 0.717) is 51.0 Å². The van der Waals surface area contributed by atoms with Crippen molar-refractivity contribution in [3.8, 4) is 79.7 Å². The Morgan fingerprint density at radius 2 is 0.708 bits per heavy atom. The Hall–Kier alpha value is -7.62. The minimum Gasteiger partial charge on any atom is -0.276 e. The van der Waals surface area contributed by atoms with Crippen LogP contribution in [0.3, 0.4) is 0 Å². The molecule has 0 fully saturated rings. The normalized spacial score (nSPS) is 10.4. The molecule has 12 heteroatoms. The second-order valence-corrected chi connectivity index (χ2v) is 10.4. The molecular formula is C36H18N12. The topological polar surface area (TPSA) is 168 Å². The van der Waals surface area contributed by atoms with Crippen LogP contribution in [-0.4, -0.2) is 44.9 Å². The monoisotopic (exact) mass is 618 g/mol. The highest BCUT2D eigenvalue weighted by molar-refractivity contribution is 5.75. The van der Waals surface area contributed by atoms with Gasteiger partial charge in [0.05, 0.1) is 17.7 Å². The average molecular weight is 619 g/mol. The van der Waals surface area contributed by atoms with Gasteiger partial charge < -0.3 is 0 Å². The van der Waals surface area contributed by atoms with E-state index in [2.05, 4.69) is 46.9 Å². The van der Waals surface area contributed by atoms with Crippen molar-refractivity contribution < 1.29 is 0 Å². The predicted molar refractivity (Wildman–Crippen MR) is 175 cm³/mol. The van der Waals surface area contributed by atoms with E-state index in [1.807, 2.05) is 18.2 Å². The lowest BCUT2D eigenvalue weighted by atomic mass is 10.1. The van der Waals surface area contributed by atoms with Crippen molar-refractivity contribution in [2.24, 2.45) is 0 Å². The maximum Gasteiger partial charge on any atom is 0.205 e. The Bertz CT molecular complexity index is 2190. The molecule has 0 aliphatic heterocycles. The van der Waals surface area contributed by atoms with Gasteiger partial charge in [0, 0.05) is 119 Å². The summed E-state index contributed by atoms with van der Waals surface area (Å²) in [5, 5.41) is 18.8. The van der Waals surface area contributed by atoms with Crippen molar-refractivity contribution in [2.45, 2.75) is 0 Å². The Balaban J connectivity index is 1.38. The van der Waals surface area contributed by atoms with Crippen LogP contribution in [0, 0.1) is 29.2 Å². The first-order valence-corrected chi connectivity index (χ1v) is 14.3. The second-order valence-electron chi connectivity index (χ2n) is 10.4. The Labute approximate surface area is 273 Å². The molecule has 0 spiro atoms. The fourth-order valence-electron chi connectivity index (χ4n) is 4.89. The van der Waals surface area contributed by atoms with E-state index in [4.69, 9.17) is 21.5 Å². The maximum absolute atomic E-state index is 9.38. The van der Waals surface area contributed by atoms with Crippen LogP contribution in [0.1, 0.15) is 11.1 Å². The van der Waals surface area contributed by atoms with Crippen LogP contribution in [-0.2, 0) is 0 Å². The number of pyridine rings is 6. The summed E-state index contributed by atoms with van der Waals surface area (Å²) in [5.74, 6) is 1.03. The highest BCUT2D eigenvalue weighted by atomic mass is 15.0. The Morgan fingerprint density at radius 1 is 0.396 bits per heavy atom. The minimum atomic E-state index is 0.342. The van der Waals surface area contributed by atoms with Gasteiger partial charge in [0.25, 0.3) is 0 Å². The van der Waals surface area contributed by atoms with Crippen molar-refractivity contribution in [2.75, 3.05) is 0 Å². The van der Waals surface area contributed by atoms with Crippen molar-refractivity contribution in [1.29, 1.82) is 10.5 Å². The van der Waals surface area contributed by atoms with Gasteiger partial charge in [-0.1, -0.05) is 0 Å². The Morgan fingerprint density at radius 3 is 1.08 bits per heavy atom. The smallest absolute Gasteiger partial charge is 0.205 e. The van der Waals surface area contributed by atoms with Crippen molar-refractivity contribution in [3.05, 3.63) is 133 Å². The van der Waals surface area contributed by atoms with Gasteiger partial charge in [-0.3, -0.25) is 29.9 Å². The third-order valence-electron chi connectivity index (χ3n) is 7.21. The molecule has 0 aliphatic rings. The maximum atomic E-state index is 9.38. The molecule has 7 rings (SSSR count). The molecule has 0 aliphatic carbocycles. The van der Waals surface area contributed by atoms with Crippen molar-refractivity contribution >= 4 is 5.69 Å². The third kappa shape index (κ3) is 6.02. The van der Waals surface area contributed by atoms with Gasteiger partial charge in [0.15, 0.2) is 17.5 Å². The molecule has 0 N–H and O–H groups in total. The molecule has 48 heavy (non-hydrogen) atoms. The first-order valence-electron chi connectivity index (χ1n) is 14.3. The first kappa shape index (κ1) is 29.1. The molecule has 0 amide bonds. The summed E-state index contributed by atoms with van der Waals surface area (Å²) in [6.45, 7) is 7.37. The van der Waals surface area contributed by atoms with Gasteiger partial charge in [-0.15, -0.1) is 0 Å². The molecule has 0 radical (unpaired) electrons. The van der Waals surface area contributed by atoms with Crippen LogP contribution < -0.4 is 0 Å². The van der Waals surface area contributed by atoms with Crippen LogP contribution in [0.4, 0.5) is 5.69 Å². The highest BCUT2D eigenvalue weighted by Crippen LogP contribution is 2.31. The molecular weight excluding hydrogens is 600 g/mol. The third-order valence-corrected chi connectivity index (χ3v) is 7.21. The van der Waals surface area contributed by atoms with Gasteiger partial charge >= 0.3 is 0 Å². The highest BCUT2D eigenvalue weighted by Gasteiger charge is 2.16. The molecule has 7 heterocycles. The number of rotatable bonds is 6. The molecule has 0 atom stereocenters. The second kappa shape index (κ2) is 12.8. The summed E-state index contributed by atoms with van der Waals surface area (Å²) in [5.41, 5.74) is 7.42. The molecule has 12 nitrogen and oxygen atoms in total. The molecule has 0 saturated carbocycles. The molecule has 0 unspecified atom stereocenters. The fourth-order valence-corrected chi connectivity index (χ4v) is 4.89. The van der Waals surface area contributed by atoms with Gasteiger partial charge in [0.1, 0.15) is 12.1 Å². The largest absolute Gasteiger partial charge is 0.276 e. The lowest BCUT2D eigenvalue weighted by Gasteiger charge is -2.10. The van der Waals surface area contributed by atoms with E-state index in [1.165, 1.54) is 18.6 Å². The van der Waals surface area contributed by atoms with E-state index < -0.39 is 0 Å². The van der Waals surface area contributed by atoms with Crippen LogP contribution in [0.5, 0.6) is 0 Å². The zero-order valence-electron chi connectivity index (χ0n) is 24.8. The van der Waals surface area contributed by atoms with Crippen LogP contribution >= 0.6 is 0 Å². The summed E-state index contributed by atoms with van der Waals surface area (Å²) in [7, 11) is 0. The number of hydrogen-bond acceptors (Lipinski definition) is 11. The van der Waals surface area contributed by atoms with Crippen molar-refractivity contribution in [1.82, 2.24) is 44.9 Å². The van der Waals surface area contributed by atoms with Gasteiger partial charge in [-0.05, 0) is 42.0 Å². The van der Waals surface area contributed by atoms with Crippen molar-refractivity contribution in [3.63, 3.8) is 0 Å². The zero-order valence-corrected chi connectivity index (χ0v) is 24.8. The standard InChI is InChI=1S/C36H18N12/c1-39-33-7-29(17-45-21-33)28-6-32(20-44-16-28)36-47-34(30-4-26(14-42-18-30)24-2-22(8-37)10-40-12-24)46-35(48-36)31-5-27(15-43-19-31)25-3-23(9-38)11-41-13-25/h2-7,10-21H. The SMILES string of the molecule is [C-]#[N+]c1cncc(-c2cncc(-c3nc(-c4cncc(-c5cncc(C#N)c5)c4)nc(-c4cncc(-c5cncc(C#N)c5)c4)n3)c2)c1. The summed E-state index contributed by atoms with van der Waals surface area (Å²) < 4.78 is 0. The van der Waals surface area contributed by atoms with E-state index in [-0.39, 0.29) is 0 Å². The fraction of sp³-hybridized carbons (Fsp3) is 0. The molecule has 7 aromatic rings. The number of nitriles is 2. The molecule has 0 bridgehead atoms. The number of nitrogens with zero attached hydrogens (tertiary/aromatic N) is 12. The average Bonchev–Trinajstić information content (AvgIpc) is 3.18. The summed E-state index contributed by atoms with van der Waals surface area (Å²) in [4.78, 5) is 43.9. The lowest BCUT2D eigenvalue weighted by Crippen LogP contribution is -2.01. The number of hydrogen-bond donors (Lipinski definition) is 0. The molecule has 7 aromatic heterocycles. The zero-order chi connectivity index (χ0) is 32.9. The summed E-state index contributed by atoms with van der Waals surface area (Å²) >= 11 is 0. The minimum absolute atomic E-state index is 0.342. The predicted octanol–water partition coefficient (Wildman–Crippen LogP) is 6.54. The lowest BCUT2D eigenvalue weighted by molar-refractivity contribution is 1.06. The van der Waals surface area contributed by atoms with Crippen LogP contribution in [0.25, 0.3) is 72.4 Å². The van der Waals surface area contributed by atoms with E-state index >= 15 is 0 Å². The van der Waals surface area contributed by atoms with Crippen LogP contribution in [0.2, 0.25) is 0 Å². The van der Waals surface area contributed by atoms with Gasteiger partial charge in [-0.25, -0.2) is 19.8 Å².